The normalized spacial score (nSPS) is 21.2. The third-order valence-electron chi connectivity index (χ3n) is 5.52. The number of H-pyrrole nitrogens is 1. The van der Waals surface area contributed by atoms with Gasteiger partial charge in [-0.15, -0.1) is 0 Å². The average Bonchev–Trinajstić information content (AvgIpc) is 3.27. The number of ether oxygens (including phenoxy) is 1. The second-order valence-electron chi connectivity index (χ2n) is 8.33. The van der Waals surface area contributed by atoms with Gasteiger partial charge >= 0.3 is 0 Å². The fourth-order valence-electron chi connectivity index (χ4n) is 4.07. The van der Waals surface area contributed by atoms with E-state index in [2.05, 4.69) is 19.9 Å². The van der Waals surface area contributed by atoms with Crippen molar-refractivity contribution in [3.05, 3.63) is 77.9 Å². The molecule has 2 aromatic carbocycles. The summed E-state index contributed by atoms with van der Waals surface area (Å²) in [6.45, 7) is 3.08. The van der Waals surface area contributed by atoms with E-state index in [1.165, 1.54) is 6.07 Å². The van der Waals surface area contributed by atoms with E-state index in [1.54, 1.807) is 56.6 Å². The largest absolute Gasteiger partial charge is 0.457 e. The van der Waals surface area contributed by atoms with Crippen LogP contribution in [0.4, 0.5) is 4.39 Å². The third-order valence-corrected chi connectivity index (χ3v) is 7.44. The zero-order chi connectivity index (χ0) is 23.6. The van der Waals surface area contributed by atoms with Gasteiger partial charge in [-0.25, -0.2) is 22.5 Å². The first kappa shape index (κ1) is 22.9. The highest BCUT2D eigenvalue weighted by Gasteiger charge is 2.48. The zero-order valence-electron chi connectivity index (χ0n) is 18.2. The number of aliphatic hydroxyl groups excluding tert-OH is 1. The summed E-state index contributed by atoms with van der Waals surface area (Å²) in [6.07, 6.45) is 3.54. The van der Waals surface area contributed by atoms with Crippen LogP contribution in [0.5, 0.6) is 0 Å². The van der Waals surface area contributed by atoms with Crippen molar-refractivity contribution in [2.75, 3.05) is 6.61 Å². The Morgan fingerprint density at radius 2 is 1.91 bits per heavy atom. The fraction of sp³-hybridized carbons (Fsp3) is 0.304. The molecule has 8 nitrogen and oxygen atoms in total. The number of nitrogens with one attached hydrogen (secondary N) is 2. The number of hydrogen-bond donors (Lipinski definition) is 3. The van der Waals surface area contributed by atoms with Crippen molar-refractivity contribution in [2.45, 2.75) is 37.2 Å². The first-order chi connectivity index (χ1) is 15.7. The Hall–Kier alpha value is -3.24. The van der Waals surface area contributed by atoms with Gasteiger partial charge in [-0.2, -0.15) is 5.10 Å². The SMILES string of the molecule is CC1(C)OC(=NC(CCO)c2ccccc2F)NS(=O)(=O)C1c1ccc(-c2cn[nH]c2)cc1. The fourth-order valence-corrected chi connectivity index (χ4v) is 5.84. The molecule has 0 saturated carbocycles. The number of nitrogens with zero attached hydrogens (tertiary/aromatic N) is 2. The highest BCUT2D eigenvalue weighted by atomic mass is 32.2. The van der Waals surface area contributed by atoms with Crippen LogP contribution in [-0.2, 0) is 14.8 Å². The molecule has 0 amide bonds. The molecular weight excluding hydrogens is 447 g/mol. The quantitative estimate of drug-likeness (QED) is 0.508. The van der Waals surface area contributed by atoms with E-state index in [1.807, 2.05) is 12.1 Å². The first-order valence-corrected chi connectivity index (χ1v) is 12.0. The van der Waals surface area contributed by atoms with Crippen LogP contribution in [0, 0.1) is 5.82 Å². The number of aromatic amines is 1. The number of aliphatic imine (C=N–C) groups is 1. The van der Waals surface area contributed by atoms with E-state index in [4.69, 9.17) is 4.74 Å². The summed E-state index contributed by atoms with van der Waals surface area (Å²) >= 11 is 0. The van der Waals surface area contributed by atoms with Crippen molar-refractivity contribution >= 4 is 16.0 Å². The maximum Gasteiger partial charge on any atom is 0.299 e. The van der Waals surface area contributed by atoms with E-state index in [9.17, 15) is 17.9 Å². The maximum atomic E-state index is 14.3. The van der Waals surface area contributed by atoms with Gasteiger partial charge in [0.1, 0.15) is 16.7 Å². The number of hydrogen-bond acceptors (Lipinski definition) is 6. The molecule has 2 atom stereocenters. The Labute approximate surface area is 191 Å². The van der Waals surface area contributed by atoms with Crippen LogP contribution in [0.1, 0.15) is 42.7 Å². The average molecular weight is 473 g/mol. The highest BCUT2D eigenvalue weighted by Crippen LogP contribution is 2.39. The van der Waals surface area contributed by atoms with Crippen LogP contribution < -0.4 is 4.72 Å². The standard InChI is InChI=1S/C23H25FN4O4S/c1-23(2)21(16-9-7-15(8-10-16)17-13-25-26-14-17)33(30,31)28-22(32-23)27-20(11-12-29)18-5-3-4-6-19(18)24/h3-10,13-14,20-21,29H,11-12H2,1-2H3,(H,25,26)(H,27,28). The zero-order valence-corrected chi connectivity index (χ0v) is 19.0. The van der Waals surface area contributed by atoms with Gasteiger partial charge in [0.25, 0.3) is 6.02 Å². The minimum absolute atomic E-state index is 0.106. The molecule has 1 aliphatic rings. The number of halogens is 1. The lowest BCUT2D eigenvalue weighted by molar-refractivity contribution is 0.0758. The van der Waals surface area contributed by atoms with Crippen LogP contribution in [0.2, 0.25) is 0 Å². The third kappa shape index (κ3) is 4.76. The molecule has 10 heteroatoms. The van der Waals surface area contributed by atoms with Crippen molar-refractivity contribution in [1.29, 1.82) is 0 Å². The van der Waals surface area contributed by atoms with Crippen molar-refractivity contribution in [3.8, 4) is 11.1 Å². The van der Waals surface area contributed by atoms with Crippen LogP contribution in [0.25, 0.3) is 11.1 Å². The van der Waals surface area contributed by atoms with Crippen molar-refractivity contribution < 1.29 is 22.7 Å². The molecule has 0 radical (unpaired) electrons. The van der Waals surface area contributed by atoms with Crippen LogP contribution in [-0.4, -0.2) is 42.0 Å². The Morgan fingerprint density at radius 3 is 2.52 bits per heavy atom. The monoisotopic (exact) mass is 472 g/mol. The molecule has 3 aromatic rings. The number of rotatable bonds is 6. The topological polar surface area (TPSA) is 117 Å². The molecule has 33 heavy (non-hydrogen) atoms. The molecule has 4 rings (SSSR count). The Bertz CT molecular complexity index is 1240. The van der Waals surface area contributed by atoms with Crippen molar-refractivity contribution in [1.82, 2.24) is 14.9 Å². The minimum Gasteiger partial charge on any atom is -0.457 e. The molecule has 2 heterocycles. The van der Waals surface area contributed by atoms with Gasteiger partial charge in [0, 0.05) is 23.9 Å². The van der Waals surface area contributed by atoms with Gasteiger partial charge in [-0.05, 0) is 37.5 Å². The lowest BCUT2D eigenvalue weighted by Gasteiger charge is -2.39. The predicted molar refractivity (Wildman–Crippen MR) is 122 cm³/mol. The summed E-state index contributed by atoms with van der Waals surface area (Å²) in [4.78, 5) is 4.32. The summed E-state index contributed by atoms with van der Waals surface area (Å²) in [7, 11) is -3.93. The highest BCUT2D eigenvalue weighted by molar-refractivity contribution is 7.90. The van der Waals surface area contributed by atoms with Crippen LogP contribution in [0.3, 0.4) is 0 Å². The van der Waals surface area contributed by atoms with Gasteiger partial charge < -0.3 is 9.84 Å². The predicted octanol–water partition coefficient (Wildman–Crippen LogP) is 3.46. The summed E-state index contributed by atoms with van der Waals surface area (Å²) in [5.41, 5.74) is 1.42. The lowest BCUT2D eigenvalue weighted by Crippen LogP contribution is -2.53. The van der Waals surface area contributed by atoms with Crippen molar-refractivity contribution in [2.24, 2.45) is 4.99 Å². The van der Waals surface area contributed by atoms with Crippen molar-refractivity contribution in [3.63, 3.8) is 0 Å². The number of benzene rings is 2. The van der Waals surface area contributed by atoms with Gasteiger partial charge in [-0.3, -0.25) is 5.10 Å². The minimum atomic E-state index is -3.93. The first-order valence-electron chi connectivity index (χ1n) is 10.4. The van der Waals surface area contributed by atoms with E-state index < -0.39 is 32.7 Å². The van der Waals surface area contributed by atoms with Crippen LogP contribution in [0.15, 0.2) is 65.9 Å². The number of aromatic nitrogens is 2. The summed E-state index contributed by atoms with van der Waals surface area (Å²) in [5.74, 6) is -0.492. The number of amidine groups is 1. The summed E-state index contributed by atoms with van der Waals surface area (Å²) in [5, 5.41) is 15.1. The molecule has 1 aliphatic heterocycles. The number of aliphatic hydroxyl groups is 1. The molecular formula is C23H25FN4O4S. The maximum absolute atomic E-state index is 14.3. The van der Waals surface area contributed by atoms with E-state index in [-0.39, 0.29) is 24.6 Å². The van der Waals surface area contributed by atoms with Gasteiger partial charge in [0.2, 0.25) is 10.0 Å². The van der Waals surface area contributed by atoms with Gasteiger partial charge in [0.15, 0.2) is 0 Å². The summed E-state index contributed by atoms with van der Waals surface area (Å²) in [6, 6.07) is 12.1. The Kier molecular flexibility index (Phi) is 6.22. The molecule has 1 aromatic heterocycles. The van der Waals surface area contributed by atoms with E-state index >= 15 is 0 Å². The molecule has 2 unspecified atom stereocenters. The molecule has 0 spiro atoms. The Morgan fingerprint density at radius 1 is 1.18 bits per heavy atom. The van der Waals surface area contributed by atoms with E-state index in [0.717, 1.165) is 11.1 Å². The van der Waals surface area contributed by atoms with Crippen LogP contribution >= 0.6 is 0 Å². The van der Waals surface area contributed by atoms with E-state index in [0.29, 0.717) is 5.56 Å². The molecule has 1 saturated heterocycles. The molecule has 0 bridgehead atoms. The molecule has 0 aliphatic carbocycles. The lowest BCUT2D eigenvalue weighted by atomic mass is 9.96. The van der Waals surface area contributed by atoms with Gasteiger partial charge in [0.05, 0.1) is 12.2 Å². The van der Waals surface area contributed by atoms with Gasteiger partial charge in [-0.1, -0.05) is 42.5 Å². The smallest absolute Gasteiger partial charge is 0.299 e. The second-order valence-corrected chi connectivity index (χ2v) is 10.1. The Balaban J connectivity index is 1.64. The number of sulfonamides is 1. The summed E-state index contributed by atoms with van der Waals surface area (Å²) < 4.78 is 49.2. The molecule has 1 fully saturated rings. The second kappa shape index (κ2) is 8.95. The molecule has 3 N–H and O–H groups in total. The molecule has 174 valence electrons.